The molecule has 1 heteroatoms. The quantitative estimate of drug-likeness (QED) is 0.757. The Labute approximate surface area is 107 Å². The second-order valence-electron chi connectivity index (χ2n) is 4.51. The Hall–Kier alpha value is -2.02. The van der Waals surface area contributed by atoms with E-state index in [1.54, 1.807) is 0 Å². The fourth-order valence-electron chi connectivity index (χ4n) is 2.28. The molecule has 0 bridgehead atoms. The van der Waals surface area contributed by atoms with Crippen molar-refractivity contribution in [3.8, 4) is 0 Å². The highest BCUT2D eigenvalue weighted by molar-refractivity contribution is 5.85. The minimum atomic E-state index is 0.636. The van der Waals surface area contributed by atoms with Crippen molar-refractivity contribution >= 4 is 10.8 Å². The summed E-state index contributed by atoms with van der Waals surface area (Å²) in [6.45, 7) is 0.636. The fourth-order valence-corrected chi connectivity index (χ4v) is 2.28. The maximum atomic E-state index is 5.85. The fraction of sp³-hybridized carbons (Fsp3) is 0.176. The van der Waals surface area contributed by atoms with Crippen LogP contribution >= 0.6 is 0 Å². The summed E-state index contributed by atoms with van der Waals surface area (Å²) in [5.41, 5.74) is 1.24. The van der Waals surface area contributed by atoms with Gasteiger partial charge >= 0.3 is 0 Å². The molecule has 90 valence electrons. The number of hydrogen-bond acceptors (Lipinski definition) is 1. The van der Waals surface area contributed by atoms with Crippen LogP contribution in [0.15, 0.2) is 66.5 Å². The largest absolute Gasteiger partial charge is 0.489 e. The Bertz CT molecular complexity index is 603. The molecule has 0 amide bonds. The zero-order chi connectivity index (χ0) is 12.2. The molecule has 18 heavy (non-hydrogen) atoms. The summed E-state index contributed by atoms with van der Waals surface area (Å²) >= 11 is 0. The van der Waals surface area contributed by atoms with Gasteiger partial charge in [-0.2, -0.15) is 0 Å². The van der Waals surface area contributed by atoms with Crippen molar-refractivity contribution in [1.29, 1.82) is 0 Å². The minimum Gasteiger partial charge on any atom is -0.489 e. The van der Waals surface area contributed by atoms with Gasteiger partial charge in [-0.05, 0) is 41.3 Å². The van der Waals surface area contributed by atoms with E-state index < -0.39 is 0 Å². The highest BCUT2D eigenvalue weighted by atomic mass is 16.5. The average molecular weight is 236 g/mol. The Morgan fingerprint density at radius 3 is 2.72 bits per heavy atom. The van der Waals surface area contributed by atoms with Gasteiger partial charge in [-0.1, -0.05) is 48.5 Å². The van der Waals surface area contributed by atoms with Crippen LogP contribution in [0.2, 0.25) is 0 Å². The maximum absolute atomic E-state index is 5.85. The van der Waals surface area contributed by atoms with E-state index >= 15 is 0 Å². The van der Waals surface area contributed by atoms with Crippen LogP contribution in [0.25, 0.3) is 10.8 Å². The first kappa shape index (κ1) is 11.1. The van der Waals surface area contributed by atoms with Gasteiger partial charge in [0.15, 0.2) is 0 Å². The van der Waals surface area contributed by atoms with Gasteiger partial charge in [-0.15, -0.1) is 0 Å². The normalized spacial score (nSPS) is 14.6. The molecule has 1 aliphatic rings. The minimum absolute atomic E-state index is 0.636. The van der Waals surface area contributed by atoms with E-state index in [2.05, 4.69) is 60.7 Å². The molecule has 1 aliphatic carbocycles. The van der Waals surface area contributed by atoms with E-state index in [4.69, 9.17) is 4.74 Å². The van der Waals surface area contributed by atoms with Crippen LogP contribution in [0.5, 0.6) is 0 Å². The van der Waals surface area contributed by atoms with Gasteiger partial charge in [0.1, 0.15) is 12.4 Å². The van der Waals surface area contributed by atoms with Gasteiger partial charge in [-0.3, -0.25) is 0 Å². The molecular weight excluding hydrogens is 220 g/mol. The van der Waals surface area contributed by atoms with Crippen molar-refractivity contribution in [1.82, 2.24) is 0 Å². The number of fused-ring (bicyclic) bond motifs is 1. The molecule has 0 unspecified atom stereocenters. The zero-order valence-electron chi connectivity index (χ0n) is 10.3. The molecular formula is C17H16O. The van der Waals surface area contributed by atoms with Gasteiger partial charge in [0, 0.05) is 0 Å². The van der Waals surface area contributed by atoms with Crippen LogP contribution < -0.4 is 0 Å². The SMILES string of the molecule is C1=CC(OCc2cccc3ccccc23)=CCC1. The number of ether oxygens (including phenoxy) is 1. The van der Waals surface area contributed by atoms with Crippen LogP contribution in [-0.4, -0.2) is 0 Å². The summed E-state index contributed by atoms with van der Waals surface area (Å²) in [6, 6.07) is 14.8. The predicted molar refractivity (Wildman–Crippen MR) is 75.2 cm³/mol. The van der Waals surface area contributed by atoms with Crippen molar-refractivity contribution in [3.05, 3.63) is 72.0 Å². The summed E-state index contributed by atoms with van der Waals surface area (Å²) in [7, 11) is 0. The van der Waals surface area contributed by atoms with Gasteiger partial charge in [0.2, 0.25) is 0 Å². The Morgan fingerprint density at radius 2 is 1.83 bits per heavy atom. The maximum Gasteiger partial charge on any atom is 0.115 e. The molecule has 0 aliphatic heterocycles. The molecule has 0 saturated heterocycles. The smallest absolute Gasteiger partial charge is 0.115 e. The molecule has 0 aromatic heterocycles. The van der Waals surface area contributed by atoms with E-state index in [1.165, 1.54) is 16.3 Å². The predicted octanol–water partition coefficient (Wildman–Crippen LogP) is 4.59. The van der Waals surface area contributed by atoms with Crippen LogP contribution in [0, 0.1) is 0 Å². The summed E-state index contributed by atoms with van der Waals surface area (Å²) in [5.74, 6) is 0.995. The summed E-state index contributed by atoms with van der Waals surface area (Å²) in [4.78, 5) is 0. The lowest BCUT2D eigenvalue weighted by Gasteiger charge is -2.11. The topological polar surface area (TPSA) is 9.23 Å². The molecule has 0 atom stereocenters. The Kier molecular flexibility index (Phi) is 3.14. The summed E-state index contributed by atoms with van der Waals surface area (Å²) < 4.78 is 5.85. The Balaban J connectivity index is 1.82. The molecule has 0 spiro atoms. The van der Waals surface area contributed by atoms with Gasteiger partial charge in [-0.25, -0.2) is 0 Å². The highest BCUT2D eigenvalue weighted by Gasteiger charge is 2.02. The molecule has 0 radical (unpaired) electrons. The van der Waals surface area contributed by atoms with Crippen molar-refractivity contribution in [2.24, 2.45) is 0 Å². The van der Waals surface area contributed by atoms with E-state index in [0.717, 1.165) is 18.6 Å². The van der Waals surface area contributed by atoms with Crippen molar-refractivity contribution < 1.29 is 4.74 Å². The third-order valence-electron chi connectivity index (χ3n) is 3.24. The number of benzene rings is 2. The summed E-state index contributed by atoms with van der Waals surface area (Å²) in [5, 5.41) is 2.55. The van der Waals surface area contributed by atoms with E-state index in [0.29, 0.717) is 6.61 Å². The Morgan fingerprint density at radius 1 is 0.944 bits per heavy atom. The third-order valence-corrected chi connectivity index (χ3v) is 3.24. The lowest BCUT2D eigenvalue weighted by molar-refractivity contribution is 0.210. The van der Waals surface area contributed by atoms with E-state index in [1.807, 2.05) is 0 Å². The molecule has 1 nitrogen and oxygen atoms in total. The number of rotatable bonds is 3. The molecule has 0 saturated carbocycles. The monoisotopic (exact) mass is 236 g/mol. The third kappa shape index (κ3) is 2.30. The second-order valence-corrected chi connectivity index (χ2v) is 4.51. The summed E-state index contributed by atoms with van der Waals surface area (Å²) in [6.07, 6.45) is 8.60. The van der Waals surface area contributed by atoms with Gasteiger partial charge in [0.25, 0.3) is 0 Å². The molecule has 0 fully saturated rings. The molecule has 2 aromatic rings. The molecule has 0 heterocycles. The zero-order valence-corrected chi connectivity index (χ0v) is 10.3. The van der Waals surface area contributed by atoms with Crippen LogP contribution in [0.4, 0.5) is 0 Å². The molecule has 2 aromatic carbocycles. The molecule has 0 N–H and O–H groups in total. The number of hydrogen-bond donors (Lipinski definition) is 0. The average Bonchev–Trinajstić information content (AvgIpc) is 2.46. The van der Waals surface area contributed by atoms with Crippen LogP contribution in [0.1, 0.15) is 18.4 Å². The first-order chi connectivity index (χ1) is 8.93. The lowest BCUT2D eigenvalue weighted by atomic mass is 10.1. The van der Waals surface area contributed by atoms with Crippen LogP contribution in [-0.2, 0) is 11.3 Å². The molecule has 3 rings (SSSR count). The van der Waals surface area contributed by atoms with Gasteiger partial charge in [0.05, 0.1) is 0 Å². The van der Waals surface area contributed by atoms with Crippen molar-refractivity contribution in [2.75, 3.05) is 0 Å². The first-order valence-corrected chi connectivity index (χ1v) is 6.39. The van der Waals surface area contributed by atoms with Crippen molar-refractivity contribution in [2.45, 2.75) is 19.4 Å². The van der Waals surface area contributed by atoms with Gasteiger partial charge < -0.3 is 4.74 Å². The second kappa shape index (κ2) is 5.09. The highest BCUT2D eigenvalue weighted by Crippen LogP contribution is 2.21. The van der Waals surface area contributed by atoms with Crippen LogP contribution in [0.3, 0.4) is 0 Å². The first-order valence-electron chi connectivity index (χ1n) is 6.39. The van der Waals surface area contributed by atoms with Crippen molar-refractivity contribution in [3.63, 3.8) is 0 Å². The number of allylic oxidation sites excluding steroid dienone is 3. The van der Waals surface area contributed by atoms with E-state index in [-0.39, 0.29) is 0 Å². The standard InChI is InChI=1S/C17H16O/c1-2-10-16(11-3-1)18-13-15-9-6-8-14-7-4-5-12-17(14)15/h2,4-12H,1,3,13H2. The lowest BCUT2D eigenvalue weighted by Crippen LogP contribution is -1.95. The van der Waals surface area contributed by atoms with E-state index in [9.17, 15) is 0 Å².